The maximum absolute atomic E-state index is 13.6. The quantitative estimate of drug-likeness (QED) is 0.396. The van der Waals surface area contributed by atoms with Crippen molar-refractivity contribution in [3.63, 3.8) is 0 Å². The van der Waals surface area contributed by atoms with Crippen LogP contribution in [0.5, 0.6) is 5.75 Å². The molecule has 5 rings (SSSR count). The number of anilines is 1. The summed E-state index contributed by atoms with van der Waals surface area (Å²) >= 11 is 1.58. The summed E-state index contributed by atoms with van der Waals surface area (Å²) in [7, 11) is 0. The lowest BCUT2D eigenvalue weighted by Gasteiger charge is -2.42. The minimum Gasteiger partial charge on any atom is -0.477 e. The van der Waals surface area contributed by atoms with E-state index in [9.17, 15) is 4.79 Å². The Morgan fingerprint density at radius 2 is 1.78 bits per heavy atom. The van der Waals surface area contributed by atoms with Gasteiger partial charge in [-0.15, -0.1) is 11.3 Å². The van der Waals surface area contributed by atoms with Gasteiger partial charge in [0.1, 0.15) is 11.6 Å². The van der Waals surface area contributed by atoms with Crippen LogP contribution in [-0.4, -0.2) is 48.4 Å². The number of aliphatic imine (C=N–C) groups is 1. The molecule has 188 valence electrons. The van der Waals surface area contributed by atoms with Crippen LogP contribution in [0.1, 0.15) is 40.5 Å². The largest absolute Gasteiger partial charge is 0.477 e. The van der Waals surface area contributed by atoms with Gasteiger partial charge in [-0.05, 0) is 92.1 Å². The normalized spacial score (nSPS) is 20.2. The number of amidine groups is 1. The number of amides is 1. The maximum Gasteiger partial charge on any atom is 0.266 e. The van der Waals surface area contributed by atoms with Gasteiger partial charge in [-0.3, -0.25) is 4.79 Å². The zero-order valence-electron chi connectivity index (χ0n) is 21.5. The summed E-state index contributed by atoms with van der Waals surface area (Å²) in [5, 5.41) is 1.99. The summed E-state index contributed by atoms with van der Waals surface area (Å²) < 4.78 is 6.48. The lowest BCUT2D eigenvalue weighted by atomic mass is 9.87. The number of rotatable bonds is 4. The molecule has 7 heteroatoms. The molecule has 1 saturated heterocycles. The van der Waals surface area contributed by atoms with Crippen LogP contribution in [0.3, 0.4) is 0 Å². The zero-order chi connectivity index (χ0) is 25.4. The Morgan fingerprint density at radius 3 is 2.44 bits per heavy atom. The van der Waals surface area contributed by atoms with Crippen molar-refractivity contribution < 1.29 is 9.53 Å². The predicted molar refractivity (Wildman–Crippen MR) is 148 cm³/mol. The van der Waals surface area contributed by atoms with Gasteiger partial charge in [0.15, 0.2) is 5.60 Å². The highest BCUT2D eigenvalue weighted by Crippen LogP contribution is 2.40. The minimum absolute atomic E-state index is 0.0973. The first-order valence-electron chi connectivity index (χ1n) is 12.6. The molecule has 3 aromatic rings. The third-order valence-corrected chi connectivity index (χ3v) is 8.44. The second-order valence-corrected chi connectivity index (χ2v) is 11.0. The van der Waals surface area contributed by atoms with Crippen LogP contribution in [0.4, 0.5) is 11.4 Å². The number of hydrogen-bond acceptors (Lipinski definition) is 5. The van der Waals surface area contributed by atoms with E-state index in [4.69, 9.17) is 10.5 Å². The maximum atomic E-state index is 13.6. The summed E-state index contributed by atoms with van der Waals surface area (Å²) in [6.07, 6.45) is 1.58. The molecule has 2 aliphatic rings. The van der Waals surface area contributed by atoms with E-state index < -0.39 is 5.60 Å². The van der Waals surface area contributed by atoms with Crippen molar-refractivity contribution in [1.29, 1.82) is 0 Å². The van der Waals surface area contributed by atoms with E-state index in [1.165, 1.54) is 16.7 Å². The third kappa shape index (κ3) is 4.60. The number of thiophene rings is 1. The standard InChI is InChI=1S/C29H34N4O2S/c1-19-18-20(2)24-11-12-29(4,35-26(24)21(19)3)28(34)33-15-13-32(14-16-33)23-9-7-22(8-10-23)31-27(30)25-6-5-17-36-25/h5-10,17-18H,11-16H2,1-4H3,(H2,30,31). The summed E-state index contributed by atoms with van der Waals surface area (Å²) in [5.41, 5.74) is 12.1. The third-order valence-electron chi connectivity index (χ3n) is 7.55. The van der Waals surface area contributed by atoms with Gasteiger partial charge in [-0.1, -0.05) is 12.1 Å². The lowest BCUT2D eigenvalue weighted by Crippen LogP contribution is -2.57. The molecule has 2 aromatic carbocycles. The molecular weight excluding hydrogens is 468 g/mol. The van der Waals surface area contributed by atoms with Crippen molar-refractivity contribution in [3.05, 3.63) is 75.0 Å². The number of nitrogens with two attached hydrogens (primary N) is 1. The van der Waals surface area contributed by atoms with Crippen molar-refractivity contribution in [1.82, 2.24) is 4.90 Å². The molecule has 3 heterocycles. The summed E-state index contributed by atoms with van der Waals surface area (Å²) in [5.74, 6) is 1.54. The van der Waals surface area contributed by atoms with Gasteiger partial charge in [0.05, 0.1) is 10.6 Å². The van der Waals surface area contributed by atoms with Gasteiger partial charge in [-0.2, -0.15) is 0 Å². The Bertz CT molecular complexity index is 1290. The molecule has 0 bridgehead atoms. The molecule has 1 atom stereocenters. The second-order valence-electron chi connectivity index (χ2n) is 10.0. The second kappa shape index (κ2) is 9.62. The van der Waals surface area contributed by atoms with Crippen LogP contribution < -0.4 is 15.4 Å². The first-order valence-corrected chi connectivity index (χ1v) is 13.4. The number of nitrogens with zero attached hydrogens (tertiary/aromatic N) is 3. The van der Waals surface area contributed by atoms with Crippen molar-refractivity contribution in [2.24, 2.45) is 10.7 Å². The highest BCUT2D eigenvalue weighted by atomic mass is 32.1. The van der Waals surface area contributed by atoms with Crippen molar-refractivity contribution >= 4 is 34.5 Å². The van der Waals surface area contributed by atoms with Crippen LogP contribution in [0.2, 0.25) is 0 Å². The fraction of sp³-hybridized carbons (Fsp3) is 0.379. The van der Waals surface area contributed by atoms with Gasteiger partial charge in [0.25, 0.3) is 5.91 Å². The molecule has 1 amide bonds. The zero-order valence-corrected chi connectivity index (χ0v) is 22.3. The van der Waals surface area contributed by atoms with E-state index in [0.29, 0.717) is 25.3 Å². The Kier molecular flexibility index (Phi) is 6.51. The van der Waals surface area contributed by atoms with Crippen molar-refractivity contribution in [2.75, 3.05) is 31.1 Å². The topological polar surface area (TPSA) is 71.2 Å². The minimum atomic E-state index is -0.817. The molecule has 0 radical (unpaired) electrons. The molecular formula is C29H34N4O2S. The summed E-state index contributed by atoms with van der Waals surface area (Å²) in [6.45, 7) is 11.2. The molecule has 0 aliphatic carbocycles. The first-order chi connectivity index (χ1) is 17.2. The Balaban J connectivity index is 1.22. The predicted octanol–water partition coefficient (Wildman–Crippen LogP) is 5.14. The molecule has 2 aliphatic heterocycles. The highest BCUT2D eigenvalue weighted by molar-refractivity contribution is 7.12. The number of carbonyl (C=O) groups is 1. The monoisotopic (exact) mass is 502 g/mol. The summed E-state index contributed by atoms with van der Waals surface area (Å²) in [6, 6.07) is 14.3. The number of hydrogen-bond donors (Lipinski definition) is 1. The Morgan fingerprint density at radius 1 is 1.06 bits per heavy atom. The number of ether oxygens (including phenoxy) is 1. The van der Waals surface area contributed by atoms with Crippen LogP contribution in [0.25, 0.3) is 0 Å². The average molecular weight is 503 g/mol. The van der Waals surface area contributed by atoms with Crippen molar-refractivity contribution in [3.8, 4) is 5.75 Å². The Hall–Kier alpha value is -3.32. The number of fused-ring (bicyclic) bond motifs is 1. The lowest BCUT2D eigenvalue weighted by molar-refractivity contribution is -0.148. The van der Waals surface area contributed by atoms with Crippen LogP contribution in [0.15, 0.2) is 52.8 Å². The molecule has 36 heavy (non-hydrogen) atoms. The molecule has 1 aromatic heterocycles. The van der Waals surface area contributed by atoms with Gasteiger partial charge in [0.2, 0.25) is 0 Å². The molecule has 6 nitrogen and oxygen atoms in total. The van der Waals surface area contributed by atoms with E-state index in [-0.39, 0.29) is 5.91 Å². The highest BCUT2D eigenvalue weighted by Gasteiger charge is 2.43. The number of carbonyl (C=O) groups excluding carboxylic acids is 1. The molecule has 2 N–H and O–H groups in total. The molecule has 0 spiro atoms. The van der Waals surface area contributed by atoms with E-state index >= 15 is 0 Å². The van der Waals surface area contributed by atoms with Gasteiger partial charge in [-0.25, -0.2) is 4.99 Å². The van der Waals surface area contributed by atoms with Crippen LogP contribution in [0, 0.1) is 20.8 Å². The van der Waals surface area contributed by atoms with Gasteiger partial charge in [0, 0.05) is 38.3 Å². The van der Waals surface area contributed by atoms with E-state index in [1.54, 1.807) is 11.3 Å². The van der Waals surface area contributed by atoms with E-state index in [0.717, 1.165) is 47.1 Å². The number of piperazine rings is 1. The number of aryl methyl sites for hydroxylation is 2. The van der Waals surface area contributed by atoms with Crippen LogP contribution >= 0.6 is 11.3 Å². The smallest absolute Gasteiger partial charge is 0.266 e. The van der Waals surface area contributed by atoms with Crippen LogP contribution in [-0.2, 0) is 11.2 Å². The number of benzene rings is 2. The van der Waals surface area contributed by atoms with Gasteiger partial charge < -0.3 is 20.3 Å². The van der Waals surface area contributed by atoms with E-state index in [1.807, 2.05) is 41.5 Å². The summed E-state index contributed by atoms with van der Waals surface area (Å²) in [4.78, 5) is 23.4. The first kappa shape index (κ1) is 24.4. The Labute approximate surface area is 217 Å². The fourth-order valence-corrected chi connectivity index (χ4v) is 5.83. The van der Waals surface area contributed by atoms with E-state index in [2.05, 4.69) is 48.9 Å². The molecule has 1 unspecified atom stereocenters. The average Bonchev–Trinajstić information content (AvgIpc) is 3.43. The molecule has 0 saturated carbocycles. The SMILES string of the molecule is Cc1cc(C)c2c(c1C)OC(C)(C(=O)N1CCN(c3ccc(N=C(N)c4cccs4)cc3)CC1)CC2. The van der Waals surface area contributed by atoms with Crippen molar-refractivity contribution in [2.45, 2.75) is 46.1 Å². The fourth-order valence-electron chi connectivity index (χ4n) is 5.20. The van der Waals surface area contributed by atoms with Gasteiger partial charge >= 0.3 is 0 Å². The molecule has 1 fully saturated rings.